The summed E-state index contributed by atoms with van der Waals surface area (Å²) in [5.74, 6) is -3.12. The lowest BCUT2D eigenvalue weighted by Gasteiger charge is -2.07. The molecule has 0 unspecified atom stereocenters. The lowest BCUT2D eigenvalue weighted by molar-refractivity contribution is 0.0601. The van der Waals surface area contributed by atoms with E-state index in [0.29, 0.717) is 10.5 Å². The van der Waals surface area contributed by atoms with Gasteiger partial charge in [-0.25, -0.2) is 18.4 Å². The molecule has 0 spiro atoms. The molecule has 128 valence electrons. The number of carbonyl (C=O) groups excluding carboxylic acids is 2. The maximum Gasteiger partial charge on any atom is 0.348 e. The van der Waals surface area contributed by atoms with Crippen molar-refractivity contribution in [3.8, 4) is 0 Å². The smallest absolute Gasteiger partial charge is 0.348 e. The van der Waals surface area contributed by atoms with Crippen LogP contribution in [0.15, 0.2) is 23.1 Å². The van der Waals surface area contributed by atoms with Crippen molar-refractivity contribution in [2.75, 3.05) is 20.0 Å². The van der Waals surface area contributed by atoms with E-state index in [9.17, 15) is 18.4 Å². The summed E-state index contributed by atoms with van der Waals surface area (Å²) < 4.78 is 35.6. The van der Waals surface area contributed by atoms with Crippen molar-refractivity contribution in [1.82, 2.24) is 0 Å². The number of esters is 2. The van der Waals surface area contributed by atoms with Gasteiger partial charge in [-0.2, -0.15) is 0 Å². The number of hydrogen-bond donors (Lipinski definition) is 1. The summed E-state index contributed by atoms with van der Waals surface area (Å²) in [6.07, 6.45) is 0. The van der Waals surface area contributed by atoms with E-state index in [4.69, 9.17) is 10.5 Å². The highest BCUT2D eigenvalue weighted by atomic mass is 32.2. The Labute approximate surface area is 144 Å². The molecule has 9 heteroatoms. The van der Waals surface area contributed by atoms with Gasteiger partial charge in [0.25, 0.3) is 0 Å². The van der Waals surface area contributed by atoms with Gasteiger partial charge in [0.05, 0.1) is 19.8 Å². The Bertz CT molecular complexity index is 792. The number of nitrogens with two attached hydrogens (primary N) is 1. The maximum absolute atomic E-state index is 13.3. The van der Waals surface area contributed by atoms with Crippen LogP contribution in [0.25, 0.3) is 0 Å². The van der Waals surface area contributed by atoms with Crippen molar-refractivity contribution >= 4 is 40.0 Å². The second-order valence-corrected chi connectivity index (χ2v) is 6.60. The van der Waals surface area contributed by atoms with Crippen molar-refractivity contribution in [2.45, 2.75) is 10.6 Å². The van der Waals surface area contributed by atoms with Crippen molar-refractivity contribution in [2.24, 2.45) is 0 Å². The van der Waals surface area contributed by atoms with Crippen LogP contribution in [0.2, 0.25) is 0 Å². The highest BCUT2D eigenvalue weighted by Crippen LogP contribution is 2.36. The summed E-state index contributed by atoms with van der Waals surface area (Å²) in [4.78, 5) is 24.4. The van der Waals surface area contributed by atoms with E-state index in [2.05, 4.69) is 4.74 Å². The van der Waals surface area contributed by atoms with Crippen LogP contribution in [0, 0.1) is 11.6 Å². The molecule has 5 nitrogen and oxygen atoms in total. The van der Waals surface area contributed by atoms with Crippen LogP contribution in [0.1, 0.15) is 25.6 Å². The van der Waals surface area contributed by atoms with Crippen LogP contribution >= 0.6 is 23.1 Å². The molecule has 1 heterocycles. The van der Waals surface area contributed by atoms with E-state index in [1.807, 2.05) is 0 Å². The number of carbonyl (C=O) groups is 2. The number of ether oxygens (including phenoxy) is 2. The molecule has 1 aromatic heterocycles. The highest BCUT2D eigenvalue weighted by molar-refractivity contribution is 7.98. The fourth-order valence-electron chi connectivity index (χ4n) is 1.93. The maximum atomic E-state index is 13.3. The van der Waals surface area contributed by atoms with E-state index in [1.165, 1.54) is 20.3 Å². The number of thiophene rings is 1. The minimum absolute atomic E-state index is 0.0815. The Morgan fingerprint density at radius 3 is 2.42 bits per heavy atom. The number of methoxy groups -OCH3 is 2. The van der Waals surface area contributed by atoms with Crippen molar-refractivity contribution in [3.05, 3.63) is 45.8 Å². The van der Waals surface area contributed by atoms with E-state index in [1.54, 1.807) is 0 Å². The van der Waals surface area contributed by atoms with E-state index in [-0.39, 0.29) is 21.2 Å². The van der Waals surface area contributed by atoms with Gasteiger partial charge in [-0.05, 0) is 18.2 Å². The molecule has 24 heavy (non-hydrogen) atoms. The Kier molecular flexibility index (Phi) is 5.79. The first-order chi connectivity index (χ1) is 11.4. The molecule has 0 saturated heterocycles. The van der Waals surface area contributed by atoms with E-state index >= 15 is 0 Å². The molecule has 0 saturated carbocycles. The molecule has 2 rings (SSSR count). The van der Waals surface area contributed by atoms with Crippen molar-refractivity contribution in [1.29, 1.82) is 0 Å². The average Bonchev–Trinajstić information content (AvgIpc) is 2.91. The zero-order chi connectivity index (χ0) is 17.9. The summed E-state index contributed by atoms with van der Waals surface area (Å²) in [7, 11) is 2.41. The summed E-state index contributed by atoms with van der Waals surface area (Å²) in [5, 5.41) is 0.128. The SMILES string of the molecule is COC(=O)c1sc(N)c(C(=O)OC)c1CSc1ccc(F)c(F)c1. The predicted octanol–water partition coefficient (Wildman–Crippen LogP) is 3.47. The lowest BCUT2D eigenvalue weighted by Crippen LogP contribution is -2.08. The molecule has 0 radical (unpaired) electrons. The van der Waals surface area contributed by atoms with E-state index in [0.717, 1.165) is 35.2 Å². The molecule has 0 fully saturated rings. The molecule has 0 atom stereocenters. The number of nitrogen functional groups attached to an aromatic ring is 1. The summed E-state index contributed by atoms with van der Waals surface area (Å²) in [6, 6.07) is 3.43. The van der Waals surface area contributed by atoms with Crippen molar-refractivity contribution in [3.63, 3.8) is 0 Å². The first-order valence-electron chi connectivity index (χ1n) is 6.54. The standard InChI is InChI=1S/C15H13F2NO4S2/c1-21-14(19)11-8(12(15(20)22-2)24-13(11)18)6-23-7-3-4-9(16)10(17)5-7/h3-5H,6,18H2,1-2H3. The van der Waals surface area contributed by atoms with Crippen molar-refractivity contribution < 1.29 is 27.8 Å². The molecular weight excluding hydrogens is 360 g/mol. The number of thioether (sulfide) groups is 1. The molecule has 1 aromatic carbocycles. The minimum atomic E-state index is -0.980. The molecule has 0 aliphatic carbocycles. The Morgan fingerprint density at radius 2 is 1.83 bits per heavy atom. The molecular formula is C15H13F2NO4S2. The first-order valence-corrected chi connectivity index (χ1v) is 8.34. The number of halogens is 2. The summed E-state index contributed by atoms with van der Waals surface area (Å²) in [6.45, 7) is 0. The van der Waals surface area contributed by atoms with Crippen LogP contribution in [0.3, 0.4) is 0 Å². The molecule has 0 bridgehead atoms. The number of anilines is 1. The Morgan fingerprint density at radius 1 is 1.17 bits per heavy atom. The largest absolute Gasteiger partial charge is 0.465 e. The normalized spacial score (nSPS) is 10.5. The third kappa shape index (κ3) is 3.68. The van der Waals surface area contributed by atoms with Gasteiger partial charge >= 0.3 is 11.9 Å². The van der Waals surface area contributed by atoms with Gasteiger partial charge in [0.1, 0.15) is 9.88 Å². The molecule has 0 aliphatic rings. The topological polar surface area (TPSA) is 78.6 Å². The monoisotopic (exact) mass is 373 g/mol. The van der Waals surface area contributed by atoms with Gasteiger partial charge in [-0.1, -0.05) is 0 Å². The third-order valence-corrected chi connectivity index (χ3v) is 5.13. The van der Waals surface area contributed by atoms with Gasteiger partial charge in [0, 0.05) is 16.2 Å². The number of hydrogen-bond acceptors (Lipinski definition) is 7. The van der Waals surface area contributed by atoms with E-state index < -0.39 is 23.6 Å². The molecule has 2 N–H and O–H groups in total. The van der Waals surface area contributed by atoms with Crippen LogP contribution in [0.5, 0.6) is 0 Å². The fourth-order valence-corrected chi connectivity index (χ4v) is 3.96. The highest BCUT2D eigenvalue weighted by Gasteiger charge is 2.27. The van der Waals surface area contributed by atoms with Crippen LogP contribution < -0.4 is 5.73 Å². The molecule has 0 amide bonds. The third-order valence-electron chi connectivity index (χ3n) is 3.07. The second kappa shape index (κ2) is 7.63. The van der Waals surface area contributed by atoms with Crippen LogP contribution in [-0.4, -0.2) is 26.2 Å². The summed E-state index contributed by atoms with van der Waals surface area (Å²) in [5.41, 5.74) is 6.24. The minimum Gasteiger partial charge on any atom is -0.465 e. The lowest BCUT2D eigenvalue weighted by atomic mass is 10.1. The quantitative estimate of drug-likeness (QED) is 0.639. The van der Waals surface area contributed by atoms with Crippen LogP contribution in [-0.2, 0) is 15.2 Å². The Balaban J connectivity index is 2.37. The molecule has 2 aromatic rings. The van der Waals surface area contributed by atoms with Gasteiger partial charge in [-0.3, -0.25) is 0 Å². The molecule has 0 aliphatic heterocycles. The predicted molar refractivity (Wildman–Crippen MR) is 87.3 cm³/mol. The zero-order valence-corrected chi connectivity index (χ0v) is 14.4. The average molecular weight is 373 g/mol. The van der Waals surface area contributed by atoms with Gasteiger partial charge in [0.15, 0.2) is 11.6 Å². The fraction of sp³-hybridized carbons (Fsp3) is 0.200. The van der Waals surface area contributed by atoms with Gasteiger partial charge in [0.2, 0.25) is 0 Å². The van der Waals surface area contributed by atoms with Gasteiger partial charge < -0.3 is 15.2 Å². The number of rotatable bonds is 5. The second-order valence-electron chi connectivity index (χ2n) is 4.50. The zero-order valence-electron chi connectivity index (χ0n) is 12.7. The number of benzene rings is 1. The Hall–Kier alpha value is -2.13. The van der Waals surface area contributed by atoms with Crippen LogP contribution in [0.4, 0.5) is 13.8 Å². The van der Waals surface area contributed by atoms with Gasteiger partial charge in [-0.15, -0.1) is 23.1 Å². The first kappa shape index (κ1) is 18.2. The summed E-state index contributed by atoms with van der Waals surface area (Å²) >= 11 is 2.04.